The highest BCUT2D eigenvalue weighted by atomic mass is 19.1. The number of rotatable bonds is 6. The lowest BCUT2D eigenvalue weighted by atomic mass is 10.2. The summed E-state index contributed by atoms with van der Waals surface area (Å²) in [6.07, 6.45) is 2.73. The Morgan fingerprint density at radius 2 is 2.11 bits per heavy atom. The Morgan fingerprint density at radius 3 is 2.72 bits per heavy atom. The summed E-state index contributed by atoms with van der Waals surface area (Å²) in [5.74, 6) is 0.00726. The van der Waals surface area contributed by atoms with E-state index in [4.69, 9.17) is 0 Å². The summed E-state index contributed by atoms with van der Waals surface area (Å²) in [6.45, 7) is 6.93. The lowest BCUT2D eigenvalue weighted by Crippen LogP contribution is -2.42. The van der Waals surface area contributed by atoms with Gasteiger partial charge in [-0.2, -0.15) is 0 Å². The molecule has 1 heterocycles. The molecule has 4 nitrogen and oxygen atoms in total. The molecule has 1 aromatic rings. The van der Waals surface area contributed by atoms with Crippen LogP contribution in [-0.4, -0.2) is 23.5 Å². The van der Waals surface area contributed by atoms with Crippen LogP contribution in [0.3, 0.4) is 0 Å². The molecule has 0 bridgehead atoms. The highest BCUT2D eigenvalue weighted by Crippen LogP contribution is 2.00. The monoisotopic (exact) mass is 253 g/mol. The minimum atomic E-state index is -0.369. The fourth-order valence-corrected chi connectivity index (χ4v) is 1.37. The molecule has 18 heavy (non-hydrogen) atoms. The van der Waals surface area contributed by atoms with E-state index >= 15 is 0 Å². The van der Waals surface area contributed by atoms with Crippen LogP contribution in [0.4, 0.5) is 4.39 Å². The number of carbonyl (C=O) groups excluding carboxylic acids is 1. The molecule has 0 aliphatic carbocycles. The number of hydrogen-bond acceptors (Lipinski definition) is 3. The van der Waals surface area contributed by atoms with E-state index in [2.05, 4.69) is 15.6 Å². The van der Waals surface area contributed by atoms with Crippen molar-refractivity contribution >= 4 is 5.91 Å². The second kappa shape index (κ2) is 7.06. The van der Waals surface area contributed by atoms with Crippen molar-refractivity contribution < 1.29 is 9.18 Å². The zero-order valence-corrected chi connectivity index (χ0v) is 11.0. The highest BCUT2D eigenvalue weighted by Gasteiger charge is 2.12. The van der Waals surface area contributed by atoms with Gasteiger partial charge in [-0.15, -0.1) is 0 Å². The number of pyridine rings is 1. The smallest absolute Gasteiger partial charge is 0.236 e. The van der Waals surface area contributed by atoms with Crippen LogP contribution in [0, 0.1) is 11.7 Å². The van der Waals surface area contributed by atoms with Crippen LogP contribution in [-0.2, 0) is 11.3 Å². The highest BCUT2D eigenvalue weighted by molar-refractivity contribution is 5.81. The Kier molecular flexibility index (Phi) is 5.71. The molecule has 0 aliphatic heterocycles. The summed E-state index contributed by atoms with van der Waals surface area (Å²) in [4.78, 5) is 15.4. The van der Waals surface area contributed by atoms with Gasteiger partial charge in [0.2, 0.25) is 5.91 Å². The number of hydrogen-bond donors (Lipinski definition) is 2. The fraction of sp³-hybridized carbons (Fsp3) is 0.538. The number of carbonyl (C=O) groups is 1. The van der Waals surface area contributed by atoms with E-state index in [1.807, 2.05) is 13.8 Å². The van der Waals surface area contributed by atoms with Crippen molar-refractivity contribution in [2.45, 2.75) is 33.4 Å². The molecule has 0 radical (unpaired) electrons. The van der Waals surface area contributed by atoms with E-state index in [-0.39, 0.29) is 17.8 Å². The lowest BCUT2D eigenvalue weighted by Gasteiger charge is -2.15. The summed E-state index contributed by atoms with van der Waals surface area (Å²) in [5, 5.41) is 5.87. The first-order chi connectivity index (χ1) is 8.49. The predicted octanol–water partition coefficient (Wildman–Crippen LogP) is 1.47. The lowest BCUT2D eigenvalue weighted by molar-refractivity contribution is -0.122. The van der Waals surface area contributed by atoms with Gasteiger partial charge in [0.15, 0.2) is 0 Å². The number of aromatic nitrogens is 1. The van der Waals surface area contributed by atoms with E-state index in [9.17, 15) is 9.18 Å². The van der Waals surface area contributed by atoms with Gasteiger partial charge in [-0.3, -0.25) is 9.78 Å². The van der Waals surface area contributed by atoms with Crippen molar-refractivity contribution in [3.05, 3.63) is 29.8 Å². The van der Waals surface area contributed by atoms with Gasteiger partial charge >= 0.3 is 0 Å². The first kappa shape index (κ1) is 14.6. The van der Waals surface area contributed by atoms with Crippen molar-refractivity contribution in [3.8, 4) is 0 Å². The minimum Gasteiger partial charge on any atom is -0.354 e. The third-order valence-corrected chi connectivity index (χ3v) is 2.45. The molecule has 0 fully saturated rings. The van der Waals surface area contributed by atoms with Gasteiger partial charge in [-0.1, -0.05) is 13.8 Å². The van der Waals surface area contributed by atoms with Gasteiger partial charge in [0.25, 0.3) is 0 Å². The second-order valence-corrected chi connectivity index (χ2v) is 4.75. The van der Waals surface area contributed by atoms with Crippen molar-refractivity contribution in [1.82, 2.24) is 15.6 Å². The molecule has 0 aromatic carbocycles. The van der Waals surface area contributed by atoms with Crippen LogP contribution in [0.2, 0.25) is 0 Å². The third-order valence-electron chi connectivity index (χ3n) is 2.45. The average molecular weight is 253 g/mol. The summed E-state index contributed by atoms with van der Waals surface area (Å²) in [6, 6.07) is 1.09. The van der Waals surface area contributed by atoms with Gasteiger partial charge in [0.1, 0.15) is 5.82 Å². The van der Waals surface area contributed by atoms with E-state index in [0.29, 0.717) is 19.0 Å². The van der Waals surface area contributed by atoms with Gasteiger partial charge in [-0.05, 0) is 24.5 Å². The van der Waals surface area contributed by atoms with Crippen LogP contribution in [0.25, 0.3) is 0 Å². The first-order valence-corrected chi connectivity index (χ1v) is 6.09. The summed E-state index contributed by atoms with van der Waals surface area (Å²) in [5.41, 5.74) is 0.721. The molecular formula is C13H20FN3O. The molecule has 2 N–H and O–H groups in total. The van der Waals surface area contributed by atoms with Gasteiger partial charge in [0, 0.05) is 19.3 Å². The summed E-state index contributed by atoms with van der Waals surface area (Å²) in [7, 11) is 0. The topological polar surface area (TPSA) is 54.0 Å². The Hall–Kier alpha value is -1.49. The van der Waals surface area contributed by atoms with E-state index in [1.165, 1.54) is 6.07 Å². The molecule has 1 amide bonds. The van der Waals surface area contributed by atoms with Gasteiger partial charge in [-0.25, -0.2) is 4.39 Å². The SMILES string of the molecule is CC(C)CNC(=O)C(C)NCc1cncc(F)c1. The Labute approximate surface area is 107 Å². The largest absolute Gasteiger partial charge is 0.354 e. The maximum atomic E-state index is 12.9. The molecule has 100 valence electrons. The second-order valence-electron chi connectivity index (χ2n) is 4.75. The van der Waals surface area contributed by atoms with E-state index < -0.39 is 0 Å². The van der Waals surface area contributed by atoms with Crippen molar-refractivity contribution in [2.24, 2.45) is 5.92 Å². The van der Waals surface area contributed by atoms with Crippen molar-refractivity contribution in [1.29, 1.82) is 0 Å². The number of halogens is 1. The zero-order chi connectivity index (χ0) is 13.5. The Balaban J connectivity index is 2.36. The molecule has 1 rings (SSSR count). The van der Waals surface area contributed by atoms with Crippen molar-refractivity contribution in [2.75, 3.05) is 6.54 Å². The maximum absolute atomic E-state index is 12.9. The van der Waals surface area contributed by atoms with Crippen LogP contribution < -0.4 is 10.6 Å². The van der Waals surface area contributed by atoms with E-state index in [1.54, 1.807) is 13.1 Å². The fourth-order valence-electron chi connectivity index (χ4n) is 1.37. The molecular weight excluding hydrogens is 233 g/mol. The molecule has 1 aromatic heterocycles. The van der Waals surface area contributed by atoms with Crippen LogP contribution in [0.5, 0.6) is 0 Å². The molecule has 0 saturated heterocycles. The molecule has 0 saturated carbocycles. The molecule has 1 atom stereocenters. The number of amides is 1. The Morgan fingerprint density at radius 1 is 1.39 bits per heavy atom. The molecule has 5 heteroatoms. The third kappa shape index (κ3) is 5.23. The number of nitrogens with one attached hydrogen (secondary N) is 2. The molecule has 0 aliphatic rings. The summed E-state index contributed by atoms with van der Waals surface area (Å²) < 4.78 is 12.9. The van der Waals surface area contributed by atoms with Gasteiger partial charge in [0.05, 0.1) is 12.2 Å². The molecule has 1 unspecified atom stereocenters. The quantitative estimate of drug-likeness (QED) is 0.807. The number of nitrogens with zero attached hydrogens (tertiary/aromatic N) is 1. The van der Waals surface area contributed by atoms with Crippen LogP contribution in [0.15, 0.2) is 18.5 Å². The standard InChI is InChI=1S/C13H20FN3O/c1-9(2)5-17-13(18)10(3)16-7-11-4-12(14)8-15-6-11/h4,6,8-10,16H,5,7H2,1-3H3,(H,17,18). The predicted molar refractivity (Wildman–Crippen MR) is 68.3 cm³/mol. The van der Waals surface area contributed by atoms with Crippen LogP contribution >= 0.6 is 0 Å². The van der Waals surface area contributed by atoms with Crippen LogP contribution in [0.1, 0.15) is 26.3 Å². The molecule has 0 spiro atoms. The maximum Gasteiger partial charge on any atom is 0.236 e. The first-order valence-electron chi connectivity index (χ1n) is 6.09. The van der Waals surface area contributed by atoms with E-state index in [0.717, 1.165) is 11.8 Å². The zero-order valence-electron chi connectivity index (χ0n) is 11.0. The normalized spacial score (nSPS) is 12.5. The summed E-state index contributed by atoms with van der Waals surface area (Å²) >= 11 is 0. The van der Waals surface area contributed by atoms with Gasteiger partial charge < -0.3 is 10.6 Å². The Bertz CT molecular complexity index is 396. The minimum absolute atomic E-state index is 0.0481. The van der Waals surface area contributed by atoms with Crippen molar-refractivity contribution in [3.63, 3.8) is 0 Å². The average Bonchev–Trinajstić information content (AvgIpc) is 2.33.